The van der Waals surface area contributed by atoms with Gasteiger partial charge in [-0.25, -0.2) is 14.6 Å². The Hall–Kier alpha value is -4.75. The lowest BCUT2D eigenvalue weighted by molar-refractivity contribution is -0.128. The molecular formula is C30H31N7O3. The first-order valence-electron chi connectivity index (χ1n) is 13.1. The number of hydrogen-bond donors (Lipinski definition) is 2. The number of rotatable bonds is 7. The number of nitrogens with zero attached hydrogens (tertiary/aromatic N) is 6. The van der Waals surface area contributed by atoms with Crippen LogP contribution in [-0.2, 0) is 4.79 Å². The van der Waals surface area contributed by atoms with E-state index < -0.39 is 5.41 Å². The number of carbonyl (C=O) groups excluding carboxylic acids is 1. The van der Waals surface area contributed by atoms with Crippen LogP contribution < -0.4 is 10.5 Å². The lowest BCUT2D eigenvalue weighted by Crippen LogP contribution is -2.41. The van der Waals surface area contributed by atoms with Gasteiger partial charge >= 0.3 is 0 Å². The second-order valence-corrected chi connectivity index (χ2v) is 10.6. The quantitative estimate of drug-likeness (QED) is 0.259. The number of amides is 1. The molecule has 3 N–H and O–H groups in total. The Balaban J connectivity index is 1.45. The Morgan fingerprint density at radius 2 is 1.90 bits per heavy atom. The van der Waals surface area contributed by atoms with Gasteiger partial charge in [0.1, 0.15) is 41.0 Å². The lowest BCUT2D eigenvalue weighted by atomic mass is 9.91. The summed E-state index contributed by atoms with van der Waals surface area (Å²) in [4.78, 5) is 23.7. The summed E-state index contributed by atoms with van der Waals surface area (Å²) in [5.41, 5.74) is 7.72. The molecule has 2 aromatic heterocycles. The molecule has 0 bridgehead atoms. The standard InChI is InChI=1S/C30H31N7O3/c1-30(2,18-38)15-21(16-31)29(39)36-14-6-7-22(17-36)37-28-25(27(32)33-19-34-28)26(35-37)20-10-12-24(13-11-20)40-23-8-4-3-5-9-23/h3-5,8-13,15,19,22,38H,6-7,14,17-18H2,1-2H3,(H2,32,33,34)/b21-15+/t22-/m1/s1. The van der Waals surface area contributed by atoms with Gasteiger partial charge in [0.25, 0.3) is 5.91 Å². The van der Waals surface area contributed by atoms with Crippen LogP contribution in [0.25, 0.3) is 22.3 Å². The molecule has 4 aromatic rings. The Kier molecular flexibility index (Phi) is 7.49. The summed E-state index contributed by atoms with van der Waals surface area (Å²) >= 11 is 0. The third-order valence-corrected chi connectivity index (χ3v) is 6.95. The van der Waals surface area contributed by atoms with Crippen LogP contribution in [0.2, 0.25) is 0 Å². The molecule has 40 heavy (non-hydrogen) atoms. The molecule has 1 atom stereocenters. The number of carbonyl (C=O) groups is 1. The summed E-state index contributed by atoms with van der Waals surface area (Å²) < 4.78 is 7.75. The molecule has 0 spiro atoms. The van der Waals surface area contributed by atoms with Crippen LogP contribution in [0.4, 0.5) is 5.82 Å². The highest BCUT2D eigenvalue weighted by atomic mass is 16.5. The highest BCUT2D eigenvalue weighted by Crippen LogP contribution is 2.35. The van der Waals surface area contributed by atoms with E-state index in [9.17, 15) is 15.2 Å². The number of nitriles is 1. The van der Waals surface area contributed by atoms with Crippen LogP contribution in [0.3, 0.4) is 0 Å². The van der Waals surface area contributed by atoms with Gasteiger partial charge in [0, 0.05) is 24.1 Å². The van der Waals surface area contributed by atoms with Crippen molar-refractivity contribution in [1.82, 2.24) is 24.6 Å². The lowest BCUT2D eigenvalue weighted by Gasteiger charge is -2.33. The minimum absolute atomic E-state index is 0.0232. The van der Waals surface area contributed by atoms with Crippen molar-refractivity contribution in [2.75, 3.05) is 25.4 Å². The van der Waals surface area contributed by atoms with Crippen LogP contribution >= 0.6 is 0 Å². The maximum atomic E-state index is 13.3. The van der Waals surface area contributed by atoms with Crippen molar-refractivity contribution in [3.05, 3.63) is 72.6 Å². The number of para-hydroxylation sites is 1. The van der Waals surface area contributed by atoms with Gasteiger partial charge in [-0.05, 0) is 49.2 Å². The Morgan fingerprint density at radius 1 is 1.18 bits per heavy atom. The highest BCUT2D eigenvalue weighted by molar-refractivity contribution is 5.99. The van der Waals surface area contributed by atoms with E-state index >= 15 is 0 Å². The number of likely N-dealkylation sites (tertiary alicyclic amines) is 1. The van der Waals surface area contributed by atoms with Gasteiger partial charge in [-0.3, -0.25) is 4.79 Å². The van der Waals surface area contributed by atoms with E-state index in [0.29, 0.717) is 41.4 Å². The summed E-state index contributed by atoms with van der Waals surface area (Å²) in [6.07, 6.45) is 4.47. The number of nitrogen functional groups attached to an aromatic ring is 1. The number of hydrogen-bond acceptors (Lipinski definition) is 8. The summed E-state index contributed by atoms with van der Waals surface area (Å²) in [6.45, 7) is 4.27. The molecular weight excluding hydrogens is 506 g/mol. The molecule has 2 aromatic carbocycles. The normalized spacial score (nSPS) is 16.1. The largest absolute Gasteiger partial charge is 0.457 e. The van der Waals surface area contributed by atoms with Crippen molar-refractivity contribution >= 4 is 22.8 Å². The van der Waals surface area contributed by atoms with Gasteiger partial charge in [0.05, 0.1) is 18.0 Å². The minimum Gasteiger partial charge on any atom is -0.457 e. The molecule has 0 unspecified atom stereocenters. The molecule has 10 nitrogen and oxygen atoms in total. The van der Waals surface area contributed by atoms with Crippen LogP contribution in [0.5, 0.6) is 11.5 Å². The molecule has 0 aliphatic carbocycles. The number of anilines is 1. The first kappa shape index (κ1) is 26.8. The number of fused-ring (bicyclic) bond motifs is 1. The molecule has 5 rings (SSSR count). The third-order valence-electron chi connectivity index (χ3n) is 6.95. The topological polar surface area (TPSA) is 143 Å². The number of aliphatic hydroxyl groups is 1. The van der Waals surface area contributed by atoms with E-state index in [1.165, 1.54) is 6.33 Å². The van der Waals surface area contributed by atoms with E-state index in [-0.39, 0.29) is 24.1 Å². The van der Waals surface area contributed by atoms with Gasteiger partial charge < -0.3 is 20.5 Å². The van der Waals surface area contributed by atoms with Gasteiger partial charge in [-0.1, -0.05) is 38.1 Å². The van der Waals surface area contributed by atoms with Crippen molar-refractivity contribution in [3.8, 4) is 28.8 Å². The van der Waals surface area contributed by atoms with Crippen LogP contribution in [0.1, 0.15) is 32.7 Å². The van der Waals surface area contributed by atoms with E-state index in [2.05, 4.69) is 9.97 Å². The number of aliphatic hydroxyl groups excluding tert-OH is 1. The summed E-state index contributed by atoms with van der Waals surface area (Å²) in [7, 11) is 0. The van der Waals surface area contributed by atoms with E-state index in [1.807, 2.05) is 65.3 Å². The van der Waals surface area contributed by atoms with Crippen LogP contribution in [0.15, 0.2) is 72.6 Å². The average molecular weight is 538 g/mol. The molecule has 10 heteroatoms. The van der Waals surface area contributed by atoms with Crippen LogP contribution in [-0.4, -0.2) is 55.4 Å². The fraction of sp³-hybridized carbons (Fsp3) is 0.300. The predicted molar refractivity (Wildman–Crippen MR) is 151 cm³/mol. The molecule has 1 saturated heterocycles. The van der Waals surface area contributed by atoms with Gasteiger partial charge in [0.15, 0.2) is 5.65 Å². The molecule has 204 valence electrons. The second kappa shape index (κ2) is 11.2. The van der Waals surface area contributed by atoms with Crippen LogP contribution in [0, 0.1) is 16.7 Å². The zero-order chi connectivity index (χ0) is 28.3. The maximum absolute atomic E-state index is 13.3. The predicted octanol–water partition coefficient (Wildman–Crippen LogP) is 4.50. The zero-order valence-electron chi connectivity index (χ0n) is 22.5. The molecule has 1 aliphatic rings. The number of nitrogens with two attached hydrogens (primary N) is 1. The highest BCUT2D eigenvalue weighted by Gasteiger charge is 2.31. The molecule has 1 aliphatic heterocycles. The Labute approximate surface area is 232 Å². The Bertz CT molecular complexity index is 1590. The monoisotopic (exact) mass is 537 g/mol. The maximum Gasteiger partial charge on any atom is 0.264 e. The first-order chi connectivity index (χ1) is 19.3. The fourth-order valence-corrected chi connectivity index (χ4v) is 4.84. The molecule has 1 fully saturated rings. The molecule has 0 radical (unpaired) electrons. The smallest absolute Gasteiger partial charge is 0.264 e. The number of benzene rings is 2. The second-order valence-electron chi connectivity index (χ2n) is 10.6. The fourth-order valence-electron chi connectivity index (χ4n) is 4.84. The van der Waals surface area contributed by atoms with Gasteiger partial charge in [-0.15, -0.1) is 0 Å². The first-order valence-corrected chi connectivity index (χ1v) is 13.1. The summed E-state index contributed by atoms with van der Waals surface area (Å²) in [5.74, 6) is 1.40. The van der Waals surface area contributed by atoms with Crippen molar-refractivity contribution in [1.29, 1.82) is 5.26 Å². The number of ether oxygens (including phenoxy) is 1. The minimum atomic E-state index is -0.681. The summed E-state index contributed by atoms with van der Waals surface area (Å²) in [5, 5.41) is 24.8. The average Bonchev–Trinajstić information content (AvgIpc) is 3.38. The number of piperidine rings is 1. The Morgan fingerprint density at radius 3 is 2.60 bits per heavy atom. The van der Waals surface area contributed by atoms with Crippen molar-refractivity contribution < 1.29 is 14.6 Å². The van der Waals surface area contributed by atoms with Crippen molar-refractivity contribution in [3.63, 3.8) is 0 Å². The van der Waals surface area contributed by atoms with Crippen molar-refractivity contribution in [2.24, 2.45) is 5.41 Å². The third kappa shape index (κ3) is 5.51. The number of aromatic nitrogens is 4. The van der Waals surface area contributed by atoms with E-state index in [0.717, 1.165) is 24.2 Å². The van der Waals surface area contributed by atoms with Gasteiger partial charge in [-0.2, -0.15) is 10.4 Å². The van der Waals surface area contributed by atoms with Gasteiger partial charge in [0.2, 0.25) is 0 Å². The molecule has 1 amide bonds. The summed E-state index contributed by atoms with van der Waals surface area (Å²) in [6, 6.07) is 19.0. The molecule has 0 saturated carbocycles. The van der Waals surface area contributed by atoms with Crippen molar-refractivity contribution in [2.45, 2.75) is 32.7 Å². The zero-order valence-corrected chi connectivity index (χ0v) is 22.5. The van der Waals surface area contributed by atoms with E-state index in [1.54, 1.807) is 24.8 Å². The molecule has 3 heterocycles. The van der Waals surface area contributed by atoms with E-state index in [4.69, 9.17) is 15.6 Å². The SMILES string of the molecule is CC(C)(/C=C(\C#N)C(=O)N1CCC[C@@H](n2nc(-c3ccc(Oc4ccccc4)cc3)c3c(N)ncnc32)C1)CO.